The third-order valence-electron chi connectivity index (χ3n) is 5.39. The largest absolute Gasteiger partial charge is 0.287 e. The fourth-order valence-corrected chi connectivity index (χ4v) is 3.42. The summed E-state index contributed by atoms with van der Waals surface area (Å²) in [6.07, 6.45) is 0.289. The fourth-order valence-electron chi connectivity index (χ4n) is 3.42. The highest BCUT2D eigenvalue weighted by molar-refractivity contribution is 5.92. The van der Waals surface area contributed by atoms with Gasteiger partial charge in [0, 0.05) is 5.56 Å². The van der Waals surface area contributed by atoms with E-state index in [2.05, 4.69) is 83.8 Å². The SMILES string of the molecule is [2H]c1nc2cc(C(C)C)ccc2c(-c2cc(C(C)(C)C)cc(C)c2C)[n+]1C. The fraction of sp³-hybridized carbons (Fsp3) is 0.417. The number of aryl methyl sites for hydroxylation is 1. The Kier molecular flexibility index (Phi) is 4.30. The number of aromatic nitrogens is 2. The average Bonchev–Trinajstić information content (AvgIpc) is 2.57. The molecule has 0 saturated carbocycles. The number of nitrogens with zero attached hydrogens (tertiary/aromatic N) is 2. The van der Waals surface area contributed by atoms with Gasteiger partial charge in [-0.2, -0.15) is 0 Å². The Bertz CT molecular complexity index is 1030. The van der Waals surface area contributed by atoms with Gasteiger partial charge in [-0.05, 0) is 70.6 Å². The van der Waals surface area contributed by atoms with E-state index in [4.69, 9.17) is 1.37 Å². The lowest BCUT2D eigenvalue weighted by Crippen LogP contribution is -2.32. The van der Waals surface area contributed by atoms with Crippen molar-refractivity contribution in [3.63, 3.8) is 0 Å². The Morgan fingerprint density at radius 1 is 1.08 bits per heavy atom. The molecule has 0 saturated heterocycles. The molecule has 0 N–H and O–H groups in total. The van der Waals surface area contributed by atoms with Crippen molar-refractivity contribution in [2.75, 3.05) is 0 Å². The lowest BCUT2D eigenvalue weighted by atomic mass is 9.83. The van der Waals surface area contributed by atoms with Crippen LogP contribution in [0.2, 0.25) is 0 Å². The zero-order chi connectivity index (χ0) is 20.1. The summed E-state index contributed by atoms with van der Waals surface area (Å²) in [6, 6.07) is 11.1. The van der Waals surface area contributed by atoms with Gasteiger partial charge in [0.25, 0.3) is 6.30 Å². The van der Waals surface area contributed by atoms with Crippen LogP contribution in [0.15, 0.2) is 36.6 Å². The van der Waals surface area contributed by atoms with Gasteiger partial charge in [0.05, 0.1) is 12.4 Å². The predicted molar refractivity (Wildman–Crippen MR) is 111 cm³/mol. The van der Waals surface area contributed by atoms with E-state index in [0.717, 1.165) is 16.6 Å². The zero-order valence-corrected chi connectivity index (χ0v) is 17.4. The maximum Gasteiger partial charge on any atom is 0.287 e. The molecule has 0 radical (unpaired) electrons. The van der Waals surface area contributed by atoms with Crippen LogP contribution in [0.5, 0.6) is 0 Å². The molecule has 1 aromatic heterocycles. The summed E-state index contributed by atoms with van der Waals surface area (Å²) < 4.78 is 10.3. The second-order valence-corrected chi connectivity index (χ2v) is 8.77. The Morgan fingerprint density at radius 3 is 2.38 bits per heavy atom. The minimum absolute atomic E-state index is 0.0726. The van der Waals surface area contributed by atoms with Crippen molar-refractivity contribution in [2.24, 2.45) is 7.05 Å². The zero-order valence-electron chi connectivity index (χ0n) is 18.4. The first kappa shape index (κ1) is 17.2. The first-order chi connectivity index (χ1) is 12.5. The van der Waals surface area contributed by atoms with Gasteiger partial charge >= 0.3 is 0 Å². The van der Waals surface area contributed by atoms with Crippen LogP contribution in [-0.2, 0) is 12.5 Å². The van der Waals surface area contributed by atoms with Crippen LogP contribution in [0, 0.1) is 13.8 Å². The third-order valence-corrected chi connectivity index (χ3v) is 5.39. The van der Waals surface area contributed by atoms with Crippen LogP contribution in [0.4, 0.5) is 0 Å². The first-order valence-electron chi connectivity index (χ1n) is 9.93. The van der Waals surface area contributed by atoms with Gasteiger partial charge in [-0.25, -0.2) is 4.57 Å². The Balaban J connectivity index is 2.41. The van der Waals surface area contributed by atoms with E-state index in [1.54, 1.807) is 0 Å². The number of rotatable bonds is 2. The van der Waals surface area contributed by atoms with Gasteiger partial charge in [0.15, 0.2) is 6.89 Å². The van der Waals surface area contributed by atoms with Crippen LogP contribution in [0.25, 0.3) is 22.2 Å². The molecule has 136 valence electrons. The van der Waals surface area contributed by atoms with Gasteiger partial charge in [-0.3, -0.25) is 0 Å². The molecule has 0 aliphatic rings. The summed E-state index contributed by atoms with van der Waals surface area (Å²) in [5, 5.41) is 1.10. The second kappa shape index (κ2) is 6.50. The number of hydrogen-bond acceptors (Lipinski definition) is 1. The van der Waals surface area contributed by atoms with E-state index in [9.17, 15) is 0 Å². The lowest BCUT2D eigenvalue weighted by molar-refractivity contribution is -0.662. The lowest BCUT2D eigenvalue weighted by Gasteiger charge is -2.22. The molecule has 3 aromatic rings. The van der Waals surface area contributed by atoms with Crippen LogP contribution >= 0.6 is 0 Å². The minimum atomic E-state index is 0.0726. The minimum Gasteiger partial charge on any atom is -0.232 e. The Morgan fingerprint density at radius 2 is 1.77 bits per heavy atom. The molecule has 1 heterocycles. The standard InChI is InChI=1S/C24H31N2/c1-15(2)18-9-10-20-22(12-18)25-14-26(8)23(20)21-13-19(24(5,6)7)11-16(3)17(21)4/h9-15H,1-8H3/q+1/i14D. The highest BCUT2D eigenvalue weighted by Crippen LogP contribution is 2.34. The van der Waals surface area contributed by atoms with Crippen LogP contribution in [0.3, 0.4) is 0 Å². The maximum atomic E-state index is 8.42. The van der Waals surface area contributed by atoms with Gasteiger partial charge < -0.3 is 0 Å². The van der Waals surface area contributed by atoms with E-state index in [0.29, 0.717) is 5.92 Å². The van der Waals surface area contributed by atoms with E-state index in [1.165, 1.54) is 27.8 Å². The van der Waals surface area contributed by atoms with E-state index >= 15 is 0 Å². The average molecular weight is 349 g/mol. The van der Waals surface area contributed by atoms with Gasteiger partial charge in [0.1, 0.15) is 5.69 Å². The van der Waals surface area contributed by atoms with Crippen LogP contribution < -0.4 is 4.57 Å². The molecule has 0 aliphatic heterocycles. The number of fused-ring (bicyclic) bond motifs is 1. The van der Waals surface area contributed by atoms with Crippen molar-refractivity contribution in [1.82, 2.24) is 4.98 Å². The smallest absolute Gasteiger partial charge is 0.232 e. The number of hydrogen-bond donors (Lipinski definition) is 0. The third kappa shape index (κ3) is 3.25. The molecule has 3 rings (SSSR count). The molecule has 0 aliphatic carbocycles. The van der Waals surface area contributed by atoms with Gasteiger partial charge in [-0.1, -0.05) is 46.8 Å². The molecule has 2 nitrogen and oxygen atoms in total. The van der Waals surface area contributed by atoms with Crippen molar-refractivity contribution in [1.29, 1.82) is 0 Å². The molecule has 0 bridgehead atoms. The monoisotopic (exact) mass is 348 g/mol. The highest BCUT2D eigenvalue weighted by Gasteiger charge is 2.22. The van der Waals surface area contributed by atoms with Crippen molar-refractivity contribution in [3.05, 3.63) is 58.9 Å². The molecular formula is C24H31N2+. The molecule has 0 atom stereocenters. The molecule has 0 fully saturated rings. The van der Waals surface area contributed by atoms with E-state index in [-0.39, 0.29) is 11.7 Å². The quantitative estimate of drug-likeness (QED) is 0.538. The summed E-state index contributed by atoms with van der Waals surface area (Å²) in [4.78, 5) is 4.56. The molecule has 0 spiro atoms. The Labute approximate surface area is 159 Å². The molecule has 26 heavy (non-hydrogen) atoms. The normalized spacial score (nSPS) is 12.7. The highest BCUT2D eigenvalue weighted by atomic mass is 15.0. The molecule has 2 aromatic carbocycles. The van der Waals surface area contributed by atoms with Gasteiger partial charge in [0.2, 0.25) is 0 Å². The van der Waals surface area contributed by atoms with Crippen molar-refractivity contribution in [3.8, 4) is 11.3 Å². The number of benzene rings is 2. The van der Waals surface area contributed by atoms with Crippen LogP contribution in [-0.4, -0.2) is 4.98 Å². The van der Waals surface area contributed by atoms with Gasteiger partial charge in [-0.15, -0.1) is 0 Å². The summed E-state index contributed by atoms with van der Waals surface area (Å²) in [5.74, 6) is 0.441. The van der Waals surface area contributed by atoms with Crippen LogP contribution in [0.1, 0.15) is 64.2 Å². The summed E-state index contributed by atoms with van der Waals surface area (Å²) in [7, 11) is 1.94. The summed E-state index contributed by atoms with van der Waals surface area (Å²) in [5.41, 5.74) is 8.36. The molecule has 2 heteroatoms. The van der Waals surface area contributed by atoms with Crippen molar-refractivity contribution < 1.29 is 5.94 Å². The first-order valence-corrected chi connectivity index (χ1v) is 9.43. The summed E-state index contributed by atoms with van der Waals surface area (Å²) in [6.45, 7) is 15.5. The molecule has 0 unspecified atom stereocenters. The maximum absolute atomic E-state index is 8.42. The van der Waals surface area contributed by atoms with Crippen molar-refractivity contribution >= 4 is 10.9 Å². The van der Waals surface area contributed by atoms with E-state index in [1.807, 2.05) is 11.6 Å². The molecular weight excluding hydrogens is 316 g/mol. The molecule has 0 amide bonds. The van der Waals surface area contributed by atoms with Crippen molar-refractivity contribution in [2.45, 2.75) is 59.8 Å². The topological polar surface area (TPSA) is 16.8 Å². The second-order valence-electron chi connectivity index (χ2n) is 8.77. The summed E-state index contributed by atoms with van der Waals surface area (Å²) >= 11 is 0. The van der Waals surface area contributed by atoms with E-state index < -0.39 is 0 Å². The predicted octanol–water partition coefficient (Wildman–Crippen LogP) is 5.76. The Hall–Kier alpha value is -2.22.